The van der Waals surface area contributed by atoms with Gasteiger partial charge in [0.2, 0.25) is 0 Å². The predicted octanol–water partition coefficient (Wildman–Crippen LogP) is 5.34. The van der Waals surface area contributed by atoms with Crippen LogP contribution in [0.25, 0.3) is 0 Å². The molecule has 1 aromatic carbocycles. The second-order valence-electron chi connectivity index (χ2n) is 3.54. The van der Waals surface area contributed by atoms with Crippen molar-refractivity contribution >= 4 is 44.6 Å². The van der Waals surface area contributed by atoms with Gasteiger partial charge in [-0.3, -0.25) is 0 Å². The maximum atomic E-state index is 5.84. The minimum Gasteiger partial charge on any atom is -0.378 e. The van der Waals surface area contributed by atoms with Crippen LogP contribution in [0.15, 0.2) is 40.2 Å². The van der Waals surface area contributed by atoms with E-state index in [2.05, 4.69) is 39.6 Å². The van der Waals surface area contributed by atoms with Gasteiger partial charge in [0, 0.05) is 25.4 Å². The summed E-state index contributed by atoms with van der Waals surface area (Å²) in [4.78, 5) is 1.31. The topological polar surface area (TPSA) is 12.0 Å². The minimum atomic E-state index is 0.303. The van der Waals surface area contributed by atoms with Gasteiger partial charge in [-0.2, -0.15) is 0 Å². The van der Waals surface area contributed by atoms with Crippen molar-refractivity contribution in [3.05, 3.63) is 50.1 Å². The van der Waals surface area contributed by atoms with Crippen molar-refractivity contribution in [2.75, 3.05) is 5.32 Å². The third kappa shape index (κ3) is 3.00. The summed E-state index contributed by atoms with van der Waals surface area (Å²) in [6, 6.07) is 10.2. The fraction of sp³-hybridized carbons (Fsp3) is 0.167. The quantitative estimate of drug-likeness (QED) is 0.806. The molecule has 0 amide bonds. The third-order valence-electron chi connectivity index (χ3n) is 2.24. The molecule has 1 N–H and O–H groups in total. The standard InChI is InChI=1S/C12H11BrClNS/c1-8(12-6-9(13)7-16-12)15-11-4-2-10(14)3-5-11/h2-8,15H,1H3. The fourth-order valence-corrected chi connectivity index (χ4v) is 3.00. The molecule has 2 rings (SSSR count). The van der Waals surface area contributed by atoms with Crippen LogP contribution in [0.3, 0.4) is 0 Å². The lowest BCUT2D eigenvalue weighted by Gasteiger charge is -2.13. The molecular formula is C12H11BrClNS. The van der Waals surface area contributed by atoms with Crippen LogP contribution in [0.4, 0.5) is 5.69 Å². The average molecular weight is 317 g/mol. The molecular weight excluding hydrogens is 306 g/mol. The Hall–Kier alpha value is -0.510. The molecule has 0 aliphatic carbocycles. The van der Waals surface area contributed by atoms with E-state index in [-0.39, 0.29) is 0 Å². The Morgan fingerprint density at radius 1 is 1.31 bits per heavy atom. The van der Waals surface area contributed by atoms with Crippen molar-refractivity contribution in [2.24, 2.45) is 0 Å². The molecule has 1 heterocycles. The number of hydrogen-bond donors (Lipinski definition) is 1. The van der Waals surface area contributed by atoms with E-state index in [1.165, 1.54) is 4.88 Å². The van der Waals surface area contributed by atoms with Crippen molar-refractivity contribution in [3.8, 4) is 0 Å². The largest absolute Gasteiger partial charge is 0.378 e. The Bertz CT molecular complexity index is 466. The molecule has 1 unspecified atom stereocenters. The van der Waals surface area contributed by atoms with E-state index in [1.807, 2.05) is 24.3 Å². The Kier molecular flexibility index (Phi) is 3.90. The van der Waals surface area contributed by atoms with Crippen molar-refractivity contribution in [1.82, 2.24) is 0 Å². The number of nitrogens with one attached hydrogen (secondary N) is 1. The summed E-state index contributed by atoms with van der Waals surface area (Å²) in [5, 5.41) is 6.28. The monoisotopic (exact) mass is 315 g/mol. The molecule has 16 heavy (non-hydrogen) atoms. The summed E-state index contributed by atoms with van der Waals surface area (Å²) in [6.07, 6.45) is 0. The Labute approximate surface area is 113 Å². The lowest BCUT2D eigenvalue weighted by atomic mass is 10.2. The maximum Gasteiger partial charge on any atom is 0.0578 e. The molecule has 0 spiro atoms. The van der Waals surface area contributed by atoms with E-state index < -0.39 is 0 Å². The van der Waals surface area contributed by atoms with Gasteiger partial charge >= 0.3 is 0 Å². The molecule has 1 atom stereocenters. The lowest BCUT2D eigenvalue weighted by Crippen LogP contribution is -2.04. The van der Waals surface area contributed by atoms with Crippen LogP contribution in [0.2, 0.25) is 5.02 Å². The number of thiophene rings is 1. The van der Waals surface area contributed by atoms with E-state index in [9.17, 15) is 0 Å². The van der Waals surface area contributed by atoms with Gasteiger partial charge in [-0.15, -0.1) is 11.3 Å². The number of rotatable bonds is 3. The zero-order chi connectivity index (χ0) is 11.5. The van der Waals surface area contributed by atoms with Crippen molar-refractivity contribution < 1.29 is 0 Å². The molecule has 0 aliphatic rings. The highest BCUT2D eigenvalue weighted by molar-refractivity contribution is 9.10. The fourth-order valence-electron chi connectivity index (χ4n) is 1.42. The van der Waals surface area contributed by atoms with E-state index in [0.29, 0.717) is 6.04 Å². The first-order valence-electron chi connectivity index (χ1n) is 4.91. The number of hydrogen-bond acceptors (Lipinski definition) is 2. The summed E-state index contributed by atoms with van der Waals surface area (Å²) in [5.74, 6) is 0. The molecule has 1 aromatic heterocycles. The zero-order valence-electron chi connectivity index (χ0n) is 8.71. The third-order valence-corrected chi connectivity index (χ3v) is 4.37. The molecule has 0 bridgehead atoms. The summed E-state index contributed by atoms with van der Waals surface area (Å²) in [7, 11) is 0. The van der Waals surface area contributed by atoms with Crippen LogP contribution in [0.5, 0.6) is 0 Å². The van der Waals surface area contributed by atoms with Crippen LogP contribution in [0, 0.1) is 0 Å². The van der Waals surface area contributed by atoms with Gasteiger partial charge in [-0.25, -0.2) is 0 Å². The van der Waals surface area contributed by atoms with Crippen molar-refractivity contribution in [1.29, 1.82) is 0 Å². The van der Waals surface area contributed by atoms with E-state index in [1.54, 1.807) is 11.3 Å². The van der Waals surface area contributed by atoms with Crippen LogP contribution in [-0.4, -0.2) is 0 Å². The zero-order valence-corrected chi connectivity index (χ0v) is 11.9. The highest BCUT2D eigenvalue weighted by Crippen LogP contribution is 2.28. The molecule has 0 radical (unpaired) electrons. The van der Waals surface area contributed by atoms with Crippen LogP contribution in [0.1, 0.15) is 17.8 Å². The predicted molar refractivity (Wildman–Crippen MR) is 75.5 cm³/mol. The SMILES string of the molecule is CC(Nc1ccc(Cl)cc1)c1cc(Br)cs1. The van der Waals surface area contributed by atoms with Crippen LogP contribution in [-0.2, 0) is 0 Å². The van der Waals surface area contributed by atoms with Gasteiger partial charge in [-0.1, -0.05) is 11.6 Å². The summed E-state index contributed by atoms with van der Waals surface area (Å²) in [5.41, 5.74) is 1.08. The Balaban J connectivity index is 2.07. The highest BCUT2D eigenvalue weighted by Gasteiger charge is 2.07. The highest BCUT2D eigenvalue weighted by atomic mass is 79.9. The van der Waals surface area contributed by atoms with Gasteiger partial charge in [0.25, 0.3) is 0 Å². The Morgan fingerprint density at radius 2 is 2.00 bits per heavy atom. The molecule has 0 aliphatic heterocycles. The lowest BCUT2D eigenvalue weighted by molar-refractivity contribution is 0.908. The van der Waals surface area contributed by atoms with Gasteiger partial charge in [-0.05, 0) is 53.2 Å². The van der Waals surface area contributed by atoms with E-state index >= 15 is 0 Å². The molecule has 0 saturated carbocycles. The number of benzene rings is 1. The van der Waals surface area contributed by atoms with Gasteiger partial charge in [0.05, 0.1) is 6.04 Å². The second kappa shape index (κ2) is 5.21. The first kappa shape index (κ1) is 12.0. The van der Waals surface area contributed by atoms with Gasteiger partial charge in [0.1, 0.15) is 0 Å². The molecule has 1 nitrogen and oxygen atoms in total. The van der Waals surface area contributed by atoms with Crippen molar-refractivity contribution in [2.45, 2.75) is 13.0 Å². The van der Waals surface area contributed by atoms with Crippen molar-refractivity contribution in [3.63, 3.8) is 0 Å². The molecule has 4 heteroatoms. The smallest absolute Gasteiger partial charge is 0.0578 e. The van der Waals surface area contributed by atoms with Gasteiger partial charge in [0.15, 0.2) is 0 Å². The van der Waals surface area contributed by atoms with Gasteiger partial charge < -0.3 is 5.32 Å². The molecule has 0 fully saturated rings. The summed E-state index contributed by atoms with van der Waals surface area (Å²) in [6.45, 7) is 2.15. The maximum absolute atomic E-state index is 5.84. The van der Waals surface area contributed by atoms with E-state index in [4.69, 9.17) is 11.6 Å². The molecule has 84 valence electrons. The minimum absolute atomic E-state index is 0.303. The summed E-state index contributed by atoms with van der Waals surface area (Å²) < 4.78 is 1.14. The average Bonchev–Trinajstić information content (AvgIpc) is 2.68. The first-order valence-corrected chi connectivity index (χ1v) is 6.96. The van der Waals surface area contributed by atoms with E-state index in [0.717, 1.165) is 15.2 Å². The molecule has 0 saturated heterocycles. The molecule has 2 aromatic rings. The Morgan fingerprint density at radius 3 is 2.56 bits per heavy atom. The van der Waals surface area contributed by atoms with Crippen LogP contribution < -0.4 is 5.32 Å². The van der Waals surface area contributed by atoms with Crippen LogP contribution >= 0.6 is 38.9 Å². The number of anilines is 1. The summed E-state index contributed by atoms with van der Waals surface area (Å²) >= 11 is 11.0. The second-order valence-corrected chi connectivity index (χ2v) is 5.84. The normalized spacial score (nSPS) is 12.4. The number of halogens is 2. The first-order chi connectivity index (χ1) is 7.65.